The summed E-state index contributed by atoms with van der Waals surface area (Å²) in [5.74, 6) is -2.15. The van der Waals surface area contributed by atoms with Crippen molar-refractivity contribution in [3.05, 3.63) is 145 Å². The molecule has 0 saturated carbocycles. The monoisotopic (exact) mass is 858 g/mol. The average Bonchev–Trinajstić information content (AvgIpc) is 3.60. The molecule has 0 aromatic carbocycles. The fraction of sp³-hybridized carbons (Fsp3) is 0.105. The minimum absolute atomic E-state index is 0. The summed E-state index contributed by atoms with van der Waals surface area (Å²) < 4.78 is 38.0. The van der Waals surface area contributed by atoms with Crippen molar-refractivity contribution in [2.45, 2.75) is 26.9 Å². The summed E-state index contributed by atoms with van der Waals surface area (Å²) in [4.78, 5) is 78.2. The molecule has 0 saturated heterocycles. The van der Waals surface area contributed by atoms with E-state index < -0.39 is 23.7 Å². The van der Waals surface area contributed by atoms with Crippen LogP contribution in [0.5, 0.6) is 0 Å². The normalized spacial score (nSPS) is 9.18. The van der Waals surface area contributed by atoms with Crippen molar-refractivity contribution in [2.75, 3.05) is 0 Å². The van der Waals surface area contributed by atoms with Gasteiger partial charge in [-0.15, -0.1) is 0 Å². The maximum Gasteiger partial charge on any atom is 1.00 e. The van der Waals surface area contributed by atoms with Gasteiger partial charge in [-0.2, -0.15) is 38.0 Å². The Morgan fingerprint density at radius 3 is 1.25 bits per heavy atom. The first-order chi connectivity index (χ1) is 26.3. The number of halogens is 3. The quantitative estimate of drug-likeness (QED) is 0.135. The molecule has 6 heterocycles. The van der Waals surface area contributed by atoms with Gasteiger partial charge in [-0.05, 0) is 60.7 Å². The third kappa shape index (κ3) is 17.7. The Bertz CT molecular complexity index is 2020. The molecule has 6 aromatic rings. The largest absolute Gasteiger partial charge is 1.00 e. The van der Waals surface area contributed by atoms with E-state index in [4.69, 9.17) is 29.4 Å². The molecule has 56 heavy (non-hydrogen) atoms. The molecule has 0 bridgehead atoms. The number of nitrogens with zero attached hydrogens (tertiary/aromatic N) is 6. The van der Waals surface area contributed by atoms with Gasteiger partial charge in [0, 0.05) is 42.2 Å². The van der Waals surface area contributed by atoms with Crippen molar-refractivity contribution in [2.24, 2.45) is 0 Å². The number of carbonyl (C=O) groups is 2. The van der Waals surface area contributed by atoms with E-state index in [1.807, 2.05) is 56.7 Å². The Balaban J connectivity index is 0.000000734. The minimum Gasteiger partial charge on any atom is -0.659 e. The van der Waals surface area contributed by atoms with Gasteiger partial charge in [-0.1, -0.05) is 36.9 Å². The molecule has 0 amide bonds. The van der Waals surface area contributed by atoms with Crippen molar-refractivity contribution in [1.82, 2.24) is 29.9 Å². The van der Waals surface area contributed by atoms with Crippen molar-refractivity contribution < 1.29 is 71.6 Å². The fourth-order valence-corrected chi connectivity index (χ4v) is 3.90. The zero-order valence-corrected chi connectivity index (χ0v) is 31.3. The van der Waals surface area contributed by atoms with E-state index in [-0.39, 0.29) is 54.3 Å². The molecular weight excluding hydrogens is 827 g/mol. The average molecular weight is 858 g/mol. The van der Waals surface area contributed by atoms with E-state index in [1.54, 1.807) is 24.5 Å². The maximum atomic E-state index is 12.7. The first kappa shape index (κ1) is 49.0. The molecule has 6 rings (SSSR count). The van der Waals surface area contributed by atoms with Crippen LogP contribution in [0.3, 0.4) is 0 Å². The van der Waals surface area contributed by atoms with Crippen LogP contribution in [0, 0.1) is 13.3 Å². The number of carbonyl (C=O) groups excluding carboxylic acids is 4. The van der Waals surface area contributed by atoms with E-state index in [0.717, 1.165) is 17.5 Å². The van der Waals surface area contributed by atoms with Crippen molar-refractivity contribution in [1.29, 1.82) is 0 Å². The van der Waals surface area contributed by atoms with E-state index >= 15 is 0 Å². The molecule has 289 valence electrons. The molecule has 0 aliphatic rings. The van der Waals surface area contributed by atoms with Gasteiger partial charge in [-0.25, -0.2) is 9.59 Å². The molecule has 18 heteroatoms. The number of hydrogen-bond donors (Lipinski definition) is 2. The van der Waals surface area contributed by atoms with E-state index in [0.29, 0.717) is 17.1 Å². The van der Waals surface area contributed by atoms with Gasteiger partial charge >= 0.3 is 49.9 Å². The van der Waals surface area contributed by atoms with E-state index in [9.17, 15) is 22.8 Å². The van der Waals surface area contributed by atoms with Crippen LogP contribution in [0.25, 0.3) is 34.2 Å². The van der Waals surface area contributed by atoms with Gasteiger partial charge in [-0.3, -0.25) is 24.9 Å². The number of aryl methyl sites for hydroxylation is 1. The Hall–Kier alpha value is -6.99. The summed E-state index contributed by atoms with van der Waals surface area (Å²) >= 11 is 0. The SMILES string of the molecule is C[CH+]C.Cc1cc(C(F)(F)F)c(-c2ccccn2)[n-]1.O=C(O)c1ccnc(-c2cc(C(=O)O)ccn2)c1.O=C=O.O=C=O.[Ru+].c1ccc(-c2ccccn2)nc1. The van der Waals surface area contributed by atoms with Gasteiger partial charge in [0.1, 0.15) is 0 Å². The summed E-state index contributed by atoms with van der Waals surface area (Å²) in [7, 11) is 0. The molecule has 14 nitrogen and oxygen atoms in total. The number of carboxylic acid groups (broad SMARTS) is 2. The number of carboxylic acids is 2. The predicted molar refractivity (Wildman–Crippen MR) is 187 cm³/mol. The third-order valence-corrected chi connectivity index (χ3v) is 5.98. The van der Waals surface area contributed by atoms with Gasteiger partial charge in [0.25, 0.3) is 0 Å². The number of pyridine rings is 5. The summed E-state index contributed by atoms with van der Waals surface area (Å²) in [5, 5.41) is 17.7. The van der Waals surface area contributed by atoms with Crippen LogP contribution in [0.2, 0.25) is 0 Å². The van der Waals surface area contributed by atoms with Gasteiger partial charge in [0.2, 0.25) is 0 Å². The minimum atomic E-state index is -4.39. The van der Waals surface area contributed by atoms with E-state index in [1.165, 1.54) is 55.8 Å². The van der Waals surface area contributed by atoms with Crippen LogP contribution in [0.1, 0.15) is 45.8 Å². The summed E-state index contributed by atoms with van der Waals surface area (Å²) in [5.41, 5.74) is 2.35. The third-order valence-electron chi connectivity index (χ3n) is 5.98. The van der Waals surface area contributed by atoms with Gasteiger partial charge in [0.05, 0.1) is 54.2 Å². The predicted octanol–water partition coefficient (Wildman–Crippen LogP) is 6.78. The second-order valence-electron chi connectivity index (χ2n) is 10.0. The van der Waals surface area contributed by atoms with Crippen LogP contribution in [-0.2, 0) is 44.8 Å². The van der Waals surface area contributed by atoms with Crippen LogP contribution >= 0.6 is 0 Å². The summed E-state index contributed by atoms with van der Waals surface area (Å²) in [6.45, 7) is 5.53. The standard InChI is InChI=1S/C12H8N2O4.C11H8F3N2.C10H8N2.C3H7.2CO2.Ru/c15-11(16)7-1-3-13-9(5-7)10-6-8(12(17)18)2-4-14-10;1-7-6-8(11(12,13)14)10(16-7)9-4-2-3-5-15-9;1-3-7-11-9(5-1)10-6-2-4-8-12-10;1-3-2;2*2-1-3;/h1-6H,(H,15,16)(H,17,18);2-6H,1H3;1-8H;3H,1-2H3;;;/q;-1;;+1;;;+1. The number of aromatic carboxylic acids is 2. The number of aromatic nitrogens is 6. The second-order valence-corrected chi connectivity index (χ2v) is 10.0. The first-order valence-corrected chi connectivity index (χ1v) is 15.3. The maximum absolute atomic E-state index is 12.7. The zero-order valence-electron chi connectivity index (χ0n) is 29.6. The summed E-state index contributed by atoms with van der Waals surface area (Å²) in [6, 6.07) is 22.8. The molecule has 0 aliphatic carbocycles. The Morgan fingerprint density at radius 2 is 0.946 bits per heavy atom. The zero-order chi connectivity index (χ0) is 41.2. The fourth-order valence-electron chi connectivity index (χ4n) is 3.90. The first-order valence-electron chi connectivity index (χ1n) is 15.3. The Kier molecular flexibility index (Phi) is 23.4. The van der Waals surface area contributed by atoms with E-state index in [2.05, 4.69) is 29.9 Å². The summed E-state index contributed by atoms with van der Waals surface area (Å²) in [6.07, 6.45) is 5.77. The Morgan fingerprint density at radius 1 is 0.607 bits per heavy atom. The number of rotatable bonds is 5. The smallest absolute Gasteiger partial charge is 0.659 e. The van der Waals surface area contributed by atoms with Gasteiger partial charge in [0.15, 0.2) is 0 Å². The molecule has 0 spiro atoms. The topological polar surface area (TPSA) is 221 Å². The van der Waals surface area contributed by atoms with Crippen LogP contribution in [-0.4, -0.2) is 59.4 Å². The Labute approximate surface area is 330 Å². The molecule has 0 fully saturated rings. The second kappa shape index (κ2) is 26.7. The molecule has 2 N–H and O–H groups in total. The van der Waals surface area contributed by atoms with Gasteiger partial charge < -0.3 is 15.2 Å². The van der Waals surface area contributed by atoms with Crippen LogP contribution in [0.15, 0.2) is 116 Å². The number of hydrogen-bond acceptors (Lipinski definition) is 11. The number of alkyl halides is 3. The molecule has 6 aromatic heterocycles. The molecule has 0 unspecified atom stereocenters. The molecular formula is C38H31F3N6O8Ru+. The molecule has 0 atom stereocenters. The molecule has 1 radical (unpaired) electrons. The van der Waals surface area contributed by atoms with Crippen molar-refractivity contribution in [3.8, 4) is 34.2 Å². The van der Waals surface area contributed by atoms with Crippen molar-refractivity contribution in [3.63, 3.8) is 0 Å². The van der Waals surface area contributed by atoms with Crippen LogP contribution in [0.4, 0.5) is 13.2 Å². The van der Waals surface area contributed by atoms with Crippen LogP contribution < -0.4 is 4.98 Å². The van der Waals surface area contributed by atoms with Crippen molar-refractivity contribution >= 4 is 24.2 Å². The molecule has 0 aliphatic heterocycles.